The lowest BCUT2D eigenvalue weighted by Crippen LogP contribution is -2.35. The Kier molecular flexibility index (Phi) is 3.57. The summed E-state index contributed by atoms with van der Waals surface area (Å²) in [5, 5.41) is 0. The van der Waals surface area contributed by atoms with Gasteiger partial charge in [0.15, 0.2) is 0 Å². The molecule has 4 N–H and O–H groups in total. The van der Waals surface area contributed by atoms with Gasteiger partial charge in [-0.2, -0.15) is 0 Å². The Balaban J connectivity index is 4.25. The van der Waals surface area contributed by atoms with Gasteiger partial charge < -0.3 is 11.5 Å². The van der Waals surface area contributed by atoms with Crippen LogP contribution >= 0.6 is 0 Å². The Bertz CT molecular complexity index is 168. The minimum atomic E-state index is -0.476. The van der Waals surface area contributed by atoms with Crippen LogP contribution in [-0.2, 0) is 9.59 Å². The maximum absolute atomic E-state index is 10.7. The fourth-order valence-electron chi connectivity index (χ4n) is 0.999. The van der Waals surface area contributed by atoms with E-state index in [4.69, 9.17) is 11.5 Å². The number of nitrogens with two attached hydrogens (primary N) is 2. The Morgan fingerprint density at radius 3 is 1.82 bits per heavy atom. The third kappa shape index (κ3) is 2.57. The molecule has 2 unspecified atom stereocenters. The molecule has 64 valence electrons. The van der Waals surface area contributed by atoms with Crippen LogP contribution in [0.15, 0.2) is 0 Å². The van der Waals surface area contributed by atoms with Gasteiger partial charge in [-0.1, -0.05) is 13.8 Å². The Labute approximate surface area is 65.9 Å². The van der Waals surface area contributed by atoms with Crippen LogP contribution in [0.25, 0.3) is 0 Å². The van der Waals surface area contributed by atoms with Crippen LogP contribution in [-0.4, -0.2) is 11.8 Å². The van der Waals surface area contributed by atoms with Crippen molar-refractivity contribution < 1.29 is 9.59 Å². The minimum Gasteiger partial charge on any atom is -0.369 e. The summed E-state index contributed by atoms with van der Waals surface area (Å²) in [6.07, 6.45) is 0.555. The molecule has 0 heterocycles. The maximum Gasteiger partial charge on any atom is 0.221 e. The molecule has 0 rings (SSSR count). The smallest absolute Gasteiger partial charge is 0.221 e. The van der Waals surface area contributed by atoms with Crippen LogP contribution in [0.5, 0.6) is 0 Å². The molecule has 2 atom stereocenters. The average Bonchev–Trinajstić information content (AvgIpc) is 1.88. The van der Waals surface area contributed by atoms with Crippen molar-refractivity contribution in [2.45, 2.75) is 20.3 Å². The van der Waals surface area contributed by atoms with Crippen LogP contribution in [0, 0.1) is 11.8 Å². The molecule has 0 bridgehead atoms. The molecular weight excluding hydrogens is 144 g/mol. The van der Waals surface area contributed by atoms with Gasteiger partial charge in [0.05, 0.1) is 0 Å². The van der Waals surface area contributed by atoms with E-state index < -0.39 is 23.7 Å². The second-order valence-corrected chi connectivity index (χ2v) is 2.61. The lowest BCUT2D eigenvalue weighted by Gasteiger charge is -2.15. The van der Waals surface area contributed by atoms with E-state index in [0.29, 0.717) is 6.42 Å². The summed E-state index contributed by atoms with van der Waals surface area (Å²) in [5.41, 5.74) is 10.0. The van der Waals surface area contributed by atoms with Gasteiger partial charge in [0.25, 0.3) is 0 Å². The maximum atomic E-state index is 10.7. The predicted molar refractivity (Wildman–Crippen MR) is 41.3 cm³/mol. The average molecular weight is 158 g/mol. The Morgan fingerprint density at radius 1 is 1.27 bits per heavy atom. The number of carbonyl (C=O) groups is 2. The molecular formula is C7H14N2O2. The third-order valence-corrected chi connectivity index (χ3v) is 1.86. The van der Waals surface area contributed by atoms with Crippen molar-refractivity contribution in [1.29, 1.82) is 0 Å². The van der Waals surface area contributed by atoms with Crippen LogP contribution in [0.3, 0.4) is 0 Å². The zero-order valence-corrected chi connectivity index (χ0v) is 6.83. The van der Waals surface area contributed by atoms with Crippen molar-refractivity contribution in [3.05, 3.63) is 0 Å². The first-order valence-corrected chi connectivity index (χ1v) is 3.59. The summed E-state index contributed by atoms with van der Waals surface area (Å²) in [6.45, 7) is 3.41. The number of hydrogen-bond acceptors (Lipinski definition) is 2. The molecule has 2 amide bonds. The van der Waals surface area contributed by atoms with Crippen molar-refractivity contribution >= 4 is 11.8 Å². The first-order chi connectivity index (χ1) is 5.00. The van der Waals surface area contributed by atoms with Gasteiger partial charge in [0, 0.05) is 11.8 Å². The number of carbonyl (C=O) groups excluding carboxylic acids is 2. The van der Waals surface area contributed by atoms with Crippen LogP contribution in [0.1, 0.15) is 20.3 Å². The highest BCUT2D eigenvalue weighted by molar-refractivity contribution is 5.85. The third-order valence-electron chi connectivity index (χ3n) is 1.86. The molecule has 0 saturated carbocycles. The fraction of sp³-hybridized carbons (Fsp3) is 0.714. The first kappa shape index (κ1) is 9.94. The molecule has 0 aromatic heterocycles. The van der Waals surface area contributed by atoms with Gasteiger partial charge in [0.1, 0.15) is 0 Å². The van der Waals surface area contributed by atoms with E-state index in [1.807, 2.05) is 0 Å². The van der Waals surface area contributed by atoms with Gasteiger partial charge in [0.2, 0.25) is 11.8 Å². The summed E-state index contributed by atoms with van der Waals surface area (Å²) in [4.78, 5) is 21.3. The second kappa shape index (κ2) is 3.95. The fourth-order valence-corrected chi connectivity index (χ4v) is 0.999. The lowest BCUT2D eigenvalue weighted by molar-refractivity contribution is -0.130. The number of rotatable bonds is 4. The highest BCUT2D eigenvalue weighted by Crippen LogP contribution is 2.13. The quantitative estimate of drug-likeness (QED) is 0.584. The van der Waals surface area contributed by atoms with E-state index in [0.717, 1.165) is 0 Å². The van der Waals surface area contributed by atoms with Crippen molar-refractivity contribution in [3.63, 3.8) is 0 Å². The van der Waals surface area contributed by atoms with Gasteiger partial charge in [-0.15, -0.1) is 0 Å². The molecule has 4 nitrogen and oxygen atoms in total. The molecule has 0 aliphatic rings. The van der Waals surface area contributed by atoms with Crippen molar-refractivity contribution in [2.24, 2.45) is 23.3 Å². The van der Waals surface area contributed by atoms with E-state index >= 15 is 0 Å². The highest BCUT2D eigenvalue weighted by Gasteiger charge is 2.24. The molecule has 0 fully saturated rings. The van der Waals surface area contributed by atoms with E-state index in [2.05, 4.69) is 0 Å². The van der Waals surface area contributed by atoms with Crippen molar-refractivity contribution in [1.82, 2.24) is 0 Å². The number of amides is 2. The molecule has 0 aliphatic heterocycles. The number of primary amides is 2. The van der Waals surface area contributed by atoms with Crippen molar-refractivity contribution in [3.8, 4) is 0 Å². The molecule has 4 heteroatoms. The van der Waals surface area contributed by atoms with Gasteiger partial charge in [-0.25, -0.2) is 0 Å². The first-order valence-electron chi connectivity index (χ1n) is 3.59. The largest absolute Gasteiger partial charge is 0.369 e. The Hall–Kier alpha value is -1.06. The summed E-state index contributed by atoms with van der Waals surface area (Å²) >= 11 is 0. The number of hydrogen-bond donors (Lipinski definition) is 2. The topological polar surface area (TPSA) is 86.2 Å². The lowest BCUT2D eigenvalue weighted by atomic mass is 9.90. The summed E-state index contributed by atoms with van der Waals surface area (Å²) < 4.78 is 0. The summed E-state index contributed by atoms with van der Waals surface area (Å²) in [6, 6.07) is 0. The van der Waals surface area contributed by atoms with E-state index in [1.165, 1.54) is 0 Å². The van der Waals surface area contributed by atoms with Gasteiger partial charge >= 0.3 is 0 Å². The predicted octanol–water partition coefficient (Wildman–Crippen LogP) is -0.381. The monoisotopic (exact) mass is 158 g/mol. The van der Waals surface area contributed by atoms with Gasteiger partial charge in [-0.3, -0.25) is 9.59 Å². The molecule has 0 aromatic rings. The van der Waals surface area contributed by atoms with Crippen LogP contribution in [0.2, 0.25) is 0 Å². The van der Waals surface area contributed by atoms with Crippen LogP contribution < -0.4 is 11.5 Å². The molecule has 0 spiro atoms. The minimum absolute atomic E-state index is 0.424. The zero-order chi connectivity index (χ0) is 9.02. The molecule has 0 aromatic carbocycles. The van der Waals surface area contributed by atoms with Crippen LogP contribution in [0.4, 0.5) is 0 Å². The molecule has 0 saturated heterocycles. The molecule has 0 radical (unpaired) electrons. The highest BCUT2D eigenvalue weighted by atomic mass is 16.2. The molecule has 0 aliphatic carbocycles. The zero-order valence-electron chi connectivity index (χ0n) is 6.83. The SMILES string of the molecule is CCC(C(N)=O)C(C)C(N)=O. The molecule has 11 heavy (non-hydrogen) atoms. The summed E-state index contributed by atoms with van der Waals surface area (Å²) in [5.74, 6) is -1.82. The van der Waals surface area contributed by atoms with Gasteiger partial charge in [-0.05, 0) is 6.42 Å². The van der Waals surface area contributed by atoms with E-state index in [-0.39, 0.29) is 0 Å². The second-order valence-electron chi connectivity index (χ2n) is 2.61. The van der Waals surface area contributed by atoms with Crippen molar-refractivity contribution in [2.75, 3.05) is 0 Å². The Morgan fingerprint density at radius 2 is 1.73 bits per heavy atom. The summed E-state index contributed by atoms with van der Waals surface area (Å²) in [7, 11) is 0. The van der Waals surface area contributed by atoms with E-state index in [9.17, 15) is 9.59 Å². The van der Waals surface area contributed by atoms with E-state index in [1.54, 1.807) is 13.8 Å². The standard InChI is InChI=1S/C7H14N2O2/c1-3-5(7(9)11)4(2)6(8)10/h4-5H,3H2,1-2H3,(H2,8,10)(H2,9,11). The normalized spacial score (nSPS) is 15.5.